The fourth-order valence-corrected chi connectivity index (χ4v) is 5.35. The van der Waals surface area contributed by atoms with Crippen molar-refractivity contribution in [1.82, 2.24) is 24.1 Å². The first-order valence-electron chi connectivity index (χ1n) is 10.6. The number of benzene rings is 1. The molecule has 2 aliphatic rings. The molecule has 0 saturated carbocycles. The maximum Gasteiger partial charge on any atom is 0.274 e. The summed E-state index contributed by atoms with van der Waals surface area (Å²) in [6, 6.07) is 13.1. The van der Waals surface area contributed by atoms with Crippen molar-refractivity contribution in [3.05, 3.63) is 83.6 Å². The van der Waals surface area contributed by atoms with Crippen LogP contribution in [0.4, 0.5) is 5.69 Å². The van der Waals surface area contributed by atoms with Gasteiger partial charge in [0.15, 0.2) is 0 Å². The van der Waals surface area contributed by atoms with Crippen LogP contribution in [0.15, 0.2) is 61.1 Å². The number of nitrogens with zero attached hydrogens (tertiary/aromatic N) is 5. The van der Waals surface area contributed by atoms with E-state index in [1.807, 2.05) is 67.0 Å². The highest BCUT2D eigenvalue weighted by atomic mass is 16.2. The quantitative estimate of drug-likeness (QED) is 0.534. The van der Waals surface area contributed by atoms with Gasteiger partial charge in [-0.15, -0.1) is 0 Å². The third-order valence-corrected chi connectivity index (χ3v) is 6.80. The molecule has 0 unspecified atom stereocenters. The van der Waals surface area contributed by atoms with Gasteiger partial charge in [-0.1, -0.05) is 24.3 Å². The van der Waals surface area contributed by atoms with Crippen LogP contribution < -0.4 is 5.32 Å². The van der Waals surface area contributed by atoms with Gasteiger partial charge >= 0.3 is 0 Å². The second kappa shape index (κ2) is 6.53. The number of amides is 2. The molecule has 2 amide bonds. The number of carbonyl (C=O) groups excluding carboxylic acids is 2. The van der Waals surface area contributed by atoms with Gasteiger partial charge in [-0.25, -0.2) is 4.98 Å². The topological polar surface area (TPSA) is 84.5 Å². The number of anilines is 1. The zero-order valence-corrected chi connectivity index (χ0v) is 17.8. The first-order chi connectivity index (χ1) is 15.5. The molecule has 1 fully saturated rings. The number of rotatable bonds is 2. The van der Waals surface area contributed by atoms with E-state index in [9.17, 15) is 9.59 Å². The van der Waals surface area contributed by atoms with Crippen LogP contribution in [-0.4, -0.2) is 42.4 Å². The van der Waals surface area contributed by atoms with Crippen LogP contribution in [0.5, 0.6) is 0 Å². The smallest absolute Gasteiger partial charge is 0.274 e. The Kier molecular flexibility index (Phi) is 3.83. The fraction of sp³-hybridized carbons (Fsp3) is 0.250. The number of para-hydroxylation sites is 1. The second-order valence-corrected chi connectivity index (χ2v) is 8.59. The van der Waals surface area contributed by atoms with E-state index in [2.05, 4.69) is 15.4 Å². The summed E-state index contributed by atoms with van der Waals surface area (Å²) in [6.45, 7) is 2.43. The summed E-state index contributed by atoms with van der Waals surface area (Å²) < 4.78 is 3.62. The Morgan fingerprint density at radius 2 is 2.00 bits per heavy atom. The molecule has 2 aliphatic heterocycles. The number of likely N-dealkylation sites (tertiary alicyclic amines) is 1. The van der Waals surface area contributed by atoms with Gasteiger partial charge in [0.2, 0.25) is 5.91 Å². The van der Waals surface area contributed by atoms with Crippen LogP contribution in [-0.2, 0) is 17.3 Å². The number of aromatic nitrogens is 4. The summed E-state index contributed by atoms with van der Waals surface area (Å²) in [7, 11) is 1.84. The molecule has 5 heterocycles. The molecule has 0 radical (unpaired) electrons. The zero-order chi connectivity index (χ0) is 22.0. The van der Waals surface area contributed by atoms with Crippen molar-refractivity contribution in [2.75, 3.05) is 11.9 Å². The van der Waals surface area contributed by atoms with Crippen molar-refractivity contribution in [1.29, 1.82) is 0 Å². The van der Waals surface area contributed by atoms with E-state index >= 15 is 0 Å². The lowest BCUT2D eigenvalue weighted by Gasteiger charge is -2.33. The van der Waals surface area contributed by atoms with Gasteiger partial charge in [-0.05, 0) is 37.1 Å². The predicted molar refractivity (Wildman–Crippen MR) is 118 cm³/mol. The molecule has 160 valence electrons. The highest BCUT2D eigenvalue weighted by Crippen LogP contribution is 2.54. The van der Waals surface area contributed by atoms with Crippen LogP contribution in [0.3, 0.4) is 0 Å². The normalized spacial score (nSPS) is 22.0. The molecule has 3 aromatic heterocycles. The van der Waals surface area contributed by atoms with E-state index in [-0.39, 0.29) is 11.8 Å². The third kappa shape index (κ3) is 2.43. The first-order valence-corrected chi connectivity index (χ1v) is 10.6. The lowest BCUT2D eigenvalue weighted by atomic mass is 9.73. The molecular formula is C24H22N6O2. The largest absolute Gasteiger partial charge is 0.329 e. The van der Waals surface area contributed by atoms with Crippen LogP contribution in [0, 0.1) is 6.92 Å². The standard InChI is InChI=1S/C24H22N6O2/c1-15-6-5-9-20-26-19(14-30(15)20)22(31)29-11-10-24(21(29)16-12-25-28(2)13-16)17-7-3-4-8-18(17)27-23(24)32/h3-9,12-14,21H,10-11H2,1-2H3,(H,27,32)/t21-,24+/m0/s1. The van der Waals surface area contributed by atoms with E-state index in [1.54, 1.807) is 22.0 Å². The number of aryl methyl sites for hydroxylation is 2. The van der Waals surface area contributed by atoms with Gasteiger partial charge in [0, 0.05) is 42.9 Å². The Morgan fingerprint density at radius 3 is 2.78 bits per heavy atom. The third-order valence-electron chi connectivity index (χ3n) is 6.80. The Bertz CT molecular complexity index is 1400. The summed E-state index contributed by atoms with van der Waals surface area (Å²) in [5.74, 6) is -0.260. The molecule has 1 N–H and O–H groups in total. The Balaban J connectivity index is 1.50. The summed E-state index contributed by atoms with van der Waals surface area (Å²) in [5.41, 5.74) is 3.82. The maximum atomic E-state index is 13.8. The molecule has 0 bridgehead atoms. The van der Waals surface area contributed by atoms with Gasteiger partial charge in [0.25, 0.3) is 5.91 Å². The van der Waals surface area contributed by atoms with E-state index in [0.717, 1.165) is 28.2 Å². The molecule has 8 nitrogen and oxygen atoms in total. The van der Waals surface area contributed by atoms with Crippen LogP contribution in [0.2, 0.25) is 0 Å². The Morgan fingerprint density at radius 1 is 1.16 bits per heavy atom. The average Bonchev–Trinajstić information content (AvgIpc) is 3.54. The van der Waals surface area contributed by atoms with E-state index in [4.69, 9.17) is 0 Å². The van der Waals surface area contributed by atoms with Crippen molar-refractivity contribution < 1.29 is 9.59 Å². The number of fused-ring (bicyclic) bond motifs is 3. The number of hydrogen-bond donors (Lipinski definition) is 1. The van der Waals surface area contributed by atoms with Gasteiger partial charge in [-0.3, -0.25) is 14.3 Å². The van der Waals surface area contributed by atoms with Crippen molar-refractivity contribution >= 4 is 23.1 Å². The highest BCUT2D eigenvalue weighted by Gasteiger charge is 2.59. The predicted octanol–water partition coefficient (Wildman–Crippen LogP) is 2.85. The molecular weight excluding hydrogens is 404 g/mol. The summed E-state index contributed by atoms with van der Waals surface area (Å²) in [5, 5.41) is 7.38. The molecule has 8 heteroatoms. The second-order valence-electron chi connectivity index (χ2n) is 8.59. The Labute approximate surface area is 184 Å². The lowest BCUT2D eigenvalue weighted by molar-refractivity contribution is -0.121. The fourth-order valence-electron chi connectivity index (χ4n) is 5.35. The first kappa shape index (κ1) is 18.8. The monoisotopic (exact) mass is 426 g/mol. The highest BCUT2D eigenvalue weighted by molar-refractivity contribution is 6.08. The number of hydrogen-bond acceptors (Lipinski definition) is 4. The van der Waals surface area contributed by atoms with E-state index in [0.29, 0.717) is 18.7 Å². The molecule has 32 heavy (non-hydrogen) atoms. The number of nitrogens with one attached hydrogen (secondary N) is 1. The summed E-state index contributed by atoms with van der Waals surface area (Å²) in [6.07, 6.45) is 5.95. The lowest BCUT2D eigenvalue weighted by Crippen LogP contribution is -2.42. The van der Waals surface area contributed by atoms with Crippen LogP contribution >= 0.6 is 0 Å². The summed E-state index contributed by atoms with van der Waals surface area (Å²) >= 11 is 0. The number of pyridine rings is 1. The minimum absolute atomic E-state index is 0.0753. The van der Waals surface area contributed by atoms with Crippen LogP contribution in [0.25, 0.3) is 5.65 Å². The van der Waals surface area contributed by atoms with E-state index < -0.39 is 11.5 Å². The van der Waals surface area contributed by atoms with Crippen molar-refractivity contribution in [2.24, 2.45) is 7.05 Å². The molecule has 2 atom stereocenters. The molecule has 4 aromatic rings. The molecule has 1 saturated heterocycles. The zero-order valence-electron chi connectivity index (χ0n) is 17.8. The van der Waals surface area contributed by atoms with Gasteiger partial charge < -0.3 is 14.6 Å². The van der Waals surface area contributed by atoms with Crippen molar-refractivity contribution in [3.8, 4) is 0 Å². The molecule has 1 spiro atoms. The van der Waals surface area contributed by atoms with E-state index in [1.165, 1.54) is 0 Å². The van der Waals surface area contributed by atoms with Crippen molar-refractivity contribution in [2.45, 2.75) is 24.8 Å². The number of imidazole rings is 1. The minimum Gasteiger partial charge on any atom is -0.329 e. The number of carbonyl (C=O) groups is 2. The molecule has 6 rings (SSSR count). The Hall–Kier alpha value is -3.94. The van der Waals surface area contributed by atoms with Gasteiger partial charge in [0.1, 0.15) is 16.8 Å². The minimum atomic E-state index is -0.857. The molecule has 0 aliphatic carbocycles. The van der Waals surface area contributed by atoms with Crippen LogP contribution in [0.1, 0.15) is 39.8 Å². The maximum absolute atomic E-state index is 13.8. The molecule has 1 aromatic carbocycles. The van der Waals surface area contributed by atoms with Gasteiger partial charge in [-0.2, -0.15) is 5.10 Å². The summed E-state index contributed by atoms with van der Waals surface area (Å²) in [4.78, 5) is 33.6. The SMILES string of the molecule is Cc1cccc2nc(C(=O)N3CC[C@]4(C(=O)Nc5ccccc54)[C@@H]3c3cnn(C)c3)cn12. The van der Waals surface area contributed by atoms with Crippen molar-refractivity contribution in [3.63, 3.8) is 0 Å². The van der Waals surface area contributed by atoms with Gasteiger partial charge in [0.05, 0.1) is 12.2 Å². The average molecular weight is 426 g/mol.